The van der Waals surface area contributed by atoms with Crippen molar-refractivity contribution >= 4 is 28.4 Å². The Kier molecular flexibility index (Phi) is 3.58. The standard InChI is InChI=1S/C19H20N4/c1-14-8-10-15(11-9-14)20-19-21-17-7-3-2-6-16(17)18(22-19)23-12-4-5-13-23/h2-3,6-11H,4-5,12-13H2,1H3,(H,20,21,22). The average molecular weight is 304 g/mol. The monoisotopic (exact) mass is 304 g/mol. The lowest BCUT2D eigenvalue weighted by Crippen LogP contribution is -2.20. The van der Waals surface area contributed by atoms with Crippen molar-refractivity contribution in [2.24, 2.45) is 0 Å². The molecule has 4 nitrogen and oxygen atoms in total. The van der Waals surface area contributed by atoms with Gasteiger partial charge in [-0.2, -0.15) is 4.98 Å². The van der Waals surface area contributed by atoms with Crippen LogP contribution in [0.1, 0.15) is 18.4 Å². The summed E-state index contributed by atoms with van der Waals surface area (Å²) in [5.41, 5.74) is 3.24. The predicted molar refractivity (Wildman–Crippen MR) is 95.4 cm³/mol. The molecule has 0 amide bonds. The summed E-state index contributed by atoms with van der Waals surface area (Å²) >= 11 is 0. The van der Waals surface area contributed by atoms with Crippen molar-refractivity contribution in [3.8, 4) is 0 Å². The number of hydrogen-bond acceptors (Lipinski definition) is 4. The molecule has 1 aromatic heterocycles. The van der Waals surface area contributed by atoms with E-state index in [4.69, 9.17) is 4.98 Å². The SMILES string of the molecule is Cc1ccc(Nc2nc(N3CCCC3)c3ccccc3n2)cc1. The molecule has 0 atom stereocenters. The van der Waals surface area contributed by atoms with Gasteiger partial charge in [0, 0.05) is 24.2 Å². The van der Waals surface area contributed by atoms with E-state index in [1.165, 1.54) is 18.4 Å². The maximum absolute atomic E-state index is 4.80. The van der Waals surface area contributed by atoms with Crippen LogP contribution in [0.5, 0.6) is 0 Å². The van der Waals surface area contributed by atoms with Crippen LogP contribution in [0.2, 0.25) is 0 Å². The van der Waals surface area contributed by atoms with Crippen molar-refractivity contribution in [1.82, 2.24) is 9.97 Å². The Bertz CT molecular complexity index is 820. The van der Waals surface area contributed by atoms with Crippen molar-refractivity contribution in [2.75, 3.05) is 23.3 Å². The minimum atomic E-state index is 0.662. The van der Waals surface area contributed by atoms with Gasteiger partial charge in [0.25, 0.3) is 0 Å². The predicted octanol–water partition coefficient (Wildman–Crippen LogP) is 4.28. The number of anilines is 3. The van der Waals surface area contributed by atoms with Gasteiger partial charge in [-0.25, -0.2) is 4.98 Å². The van der Waals surface area contributed by atoms with Gasteiger partial charge in [0.1, 0.15) is 5.82 Å². The molecule has 0 saturated carbocycles. The fourth-order valence-electron chi connectivity index (χ4n) is 3.05. The van der Waals surface area contributed by atoms with E-state index in [0.717, 1.165) is 35.5 Å². The van der Waals surface area contributed by atoms with Crippen LogP contribution in [0.25, 0.3) is 10.9 Å². The molecule has 23 heavy (non-hydrogen) atoms. The number of aryl methyl sites for hydroxylation is 1. The summed E-state index contributed by atoms with van der Waals surface area (Å²) in [6.45, 7) is 4.23. The van der Waals surface area contributed by atoms with Gasteiger partial charge in [-0.15, -0.1) is 0 Å². The molecule has 0 aliphatic carbocycles. The van der Waals surface area contributed by atoms with Gasteiger partial charge in [-0.05, 0) is 44.0 Å². The smallest absolute Gasteiger partial charge is 0.229 e. The molecule has 4 heteroatoms. The van der Waals surface area contributed by atoms with Crippen LogP contribution < -0.4 is 10.2 Å². The Morgan fingerprint density at radius 1 is 0.913 bits per heavy atom. The molecule has 4 rings (SSSR count). The third kappa shape index (κ3) is 2.84. The number of para-hydroxylation sites is 1. The molecule has 1 saturated heterocycles. The van der Waals surface area contributed by atoms with E-state index in [1.807, 2.05) is 6.07 Å². The molecule has 3 aromatic rings. The van der Waals surface area contributed by atoms with E-state index in [-0.39, 0.29) is 0 Å². The zero-order chi connectivity index (χ0) is 15.6. The van der Waals surface area contributed by atoms with Crippen LogP contribution in [0.4, 0.5) is 17.5 Å². The highest BCUT2D eigenvalue weighted by Crippen LogP contribution is 2.28. The van der Waals surface area contributed by atoms with E-state index in [1.54, 1.807) is 0 Å². The Balaban J connectivity index is 1.76. The zero-order valence-electron chi connectivity index (χ0n) is 13.3. The highest BCUT2D eigenvalue weighted by molar-refractivity contribution is 5.90. The summed E-state index contributed by atoms with van der Waals surface area (Å²) in [5.74, 6) is 1.71. The van der Waals surface area contributed by atoms with Crippen LogP contribution >= 0.6 is 0 Å². The lowest BCUT2D eigenvalue weighted by Gasteiger charge is -2.19. The largest absolute Gasteiger partial charge is 0.356 e. The van der Waals surface area contributed by atoms with Gasteiger partial charge in [0.05, 0.1) is 5.52 Å². The van der Waals surface area contributed by atoms with E-state index < -0.39 is 0 Å². The fraction of sp³-hybridized carbons (Fsp3) is 0.263. The van der Waals surface area contributed by atoms with Crippen molar-refractivity contribution in [2.45, 2.75) is 19.8 Å². The second kappa shape index (κ2) is 5.88. The van der Waals surface area contributed by atoms with Crippen molar-refractivity contribution in [3.63, 3.8) is 0 Å². The minimum Gasteiger partial charge on any atom is -0.356 e. The summed E-state index contributed by atoms with van der Waals surface area (Å²) in [5, 5.41) is 4.47. The van der Waals surface area contributed by atoms with Crippen LogP contribution in [0, 0.1) is 6.92 Å². The number of nitrogens with one attached hydrogen (secondary N) is 1. The number of aromatic nitrogens is 2. The molecular formula is C19H20N4. The number of fused-ring (bicyclic) bond motifs is 1. The van der Waals surface area contributed by atoms with Gasteiger partial charge >= 0.3 is 0 Å². The van der Waals surface area contributed by atoms with Gasteiger partial charge in [0.15, 0.2) is 0 Å². The first-order chi connectivity index (χ1) is 11.3. The summed E-state index contributed by atoms with van der Waals surface area (Å²) < 4.78 is 0. The van der Waals surface area contributed by atoms with Crippen molar-refractivity contribution < 1.29 is 0 Å². The molecule has 2 heterocycles. The molecule has 1 aliphatic rings. The van der Waals surface area contributed by atoms with E-state index in [9.17, 15) is 0 Å². The first kappa shape index (κ1) is 14.0. The highest BCUT2D eigenvalue weighted by Gasteiger charge is 2.18. The van der Waals surface area contributed by atoms with Crippen molar-refractivity contribution in [3.05, 3.63) is 54.1 Å². The maximum atomic E-state index is 4.80. The first-order valence-corrected chi connectivity index (χ1v) is 8.15. The van der Waals surface area contributed by atoms with Gasteiger partial charge < -0.3 is 10.2 Å². The average Bonchev–Trinajstić information content (AvgIpc) is 3.11. The summed E-state index contributed by atoms with van der Waals surface area (Å²) in [7, 11) is 0. The number of nitrogens with zero attached hydrogens (tertiary/aromatic N) is 3. The Labute approximate surface area is 136 Å². The van der Waals surface area contributed by atoms with Crippen LogP contribution in [-0.4, -0.2) is 23.1 Å². The number of hydrogen-bond donors (Lipinski definition) is 1. The fourth-order valence-corrected chi connectivity index (χ4v) is 3.05. The van der Waals surface area contributed by atoms with Gasteiger partial charge in [-0.1, -0.05) is 29.8 Å². The number of rotatable bonds is 3. The normalized spacial score (nSPS) is 14.4. The lowest BCUT2D eigenvalue weighted by molar-refractivity contribution is 0.941. The summed E-state index contributed by atoms with van der Waals surface area (Å²) in [6.07, 6.45) is 2.47. The zero-order valence-corrected chi connectivity index (χ0v) is 13.3. The molecule has 1 N–H and O–H groups in total. The van der Waals surface area contributed by atoms with Crippen molar-refractivity contribution in [1.29, 1.82) is 0 Å². The third-order valence-electron chi connectivity index (χ3n) is 4.30. The second-order valence-corrected chi connectivity index (χ2v) is 6.07. The Morgan fingerprint density at radius 3 is 2.43 bits per heavy atom. The first-order valence-electron chi connectivity index (χ1n) is 8.15. The van der Waals surface area contributed by atoms with Gasteiger partial charge in [-0.3, -0.25) is 0 Å². The molecule has 0 bridgehead atoms. The molecule has 2 aromatic carbocycles. The molecule has 116 valence electrons. The third-order valence-corrected chi connectivity index (χ3v) is 4.30. The molecule has 0 unspecified atom stereocenters. The van der Waals surface area contributed by atoms with Crippen LogP contribution in [0.15, 0.2) is 48.5 Å². The molecule has 1 aliphatic heterocycles. The minimum absolute atomic E-state index is 0.662. The molecule has 1 fully saturated rings. The highest BCUT2D eigenvalue weighted by atomic mass is 15.2. The molecular weight excluding hydrogens is 284 g/mol. The molecule has 0 radical (unpaired) electrons. The second-order valence-electron chi connectivity index (χ2n) is 6.07. The summed E-state index contributed by atoms with van der Waals surface area (Å²) in [6, 6.07) is 16.5. The summed E-state index contributed by atoms with van der Waals surface area (Å²) in [4.78, 5) is 11.8. The maximum Gasteiger partial charge on any atom is 0.229 e. The van der Waals surface area contributed by atoms with Crippen LogP contribution in [0.3, 0.4) is 0 Å². The lowest BCUT2D eigenvalue weighted by atomic mass is 10.2. The topological polar surface area (TPSA) is 41.1 Å². The van der Waals surface area contributed by atoms with E-state index >= 15 is 0 Å². The Hall–Kier alpha value is -2.62. The van der Waals surface area contributed by atoms with Gasteiger partial charge in [0.2, 0.25) is 5.95 Å². The quantitative estimate of drug-likeness (QED) is 0.784. The van der Waals surface area contributed by atoms with Crippen LogP contribution in [-0.2, 0) is 0 Å². The van der Waals surface area contributed by atoms with E-state index in [2.05, 4.69) is 64.6 Å². The Morgan fingerprint density at radius 2 is 1.65 bits per heavy atom. The molecule has 0 spiro atoms. The number of benzene rings is 2. The van der Waals surface area contributed by atoms with E-state index in [0.29, 0.717) is 5.95 Å².